The summed E-state index contributed by atoms with van der Waals surface area (Å²) in [5.74, 6) is 0.322. The van der Waals surface area contributed by atoms with Crippen LogP contribution in [0.5, 0.6) is 0 Å². The fraction of sp³-hybridized carbons (Fsp3) is 0.600. The van der Waals surface area contributed by atoms with Gasteiger partial charge >= 0.3 is 6.03 Å². The predicted molar refractivity (Wildman–Crippen MR) is 106 cm³/mol. The lowest BCUT2D eigenvalue weighted by molar-refractivity contribution is -0.0274. The van der Waals surface area contributed by atoms with Gasteiger partial charge in [0.2, 0.25) is 0 Å². The molecular weight excluding hydrogens is 364 g/mol. The first-order valence-corrected chi connectivity index (χ1v) is 10.0. The van der Waals surface area contributed by atoms with E-state index in [4.69, 9.17) is 11.6 Å². The smallest absolute Gasteiger partial charge is 0.317 e. The van der Waals surface area contributed by atoms with E-state index in [1.807, 2.05) is 17.0 Å². The average Bonchev–Trinajstić information content (AvgIpc) is 3.21. The summed E-state index contributed by atoms with van der Waals surface area (Å²) in [6, 6.07) is 4.22. The Kier molecular flexibility index (Phi) is 4.59. The zero-order valence-corrected chi connectivity index (χ0v) is 16.8. The minimum atomic E-state index is -0.671. The molecule has 0 saturated carbocycles. The second kappa shape index (κ2) is 6.67. The van der Waals surface area contributed by atoms with Gasteiger partial charge in [-0.05, 0) is 49.1 Å². The molecule has 3 N–H and O–H groups in total. The van der Waals surface area contributed by atoms with Gasteiger partial charge in [-0.25, -0.2) is 4.79 Å². The number of carbonyl (C=O) groups is 1. The predicted octanol–water partition coefficient (Wildman–Crippen LogP) is 3.86. The van der Waals surface area contributed by atoms with Gasteiger partial charge in [-0.3, -0.25) is 5.10 Å². The standard InChI is InChI=1S/C20H27ClN4O2/c1-20(2,12-7-14-4-5-15(8-12)25(14)19(27)22-3)18(26)16-9-13(21)6-11-10-23-24-17(11)16/h6,9-10,12,14-15,18,26H,4-5,7-8H2,1-3H3,(H,22,27)(H,23,24)/t12-,14+,15-,18?. The van der Waals surface area contributed by atoms with Crippen molar-refractivity contribution in [3.8, 4) is 0 Å². The number of nitrogens with one attached hydrogen (secondary N) is 2. The Bertz CT molecular complexity index is 851. The van der Waals surface area contributed by atoms with Crippen molar-refractivity contribution in [1.29, 1.82) is 0 Å². The van der Waals surface area contributed by atoms with Crippen molar-refractivity contribution in [2.24, 2.45) is 11.3 Å². The third kappa shape index (κ3) is 2.99. The molecule has 0 spiro atoms. The largest absolute Gasteiger partial charge is 0.388 e. The van der Waals surface area contributed by atoms with Gasteiger partial charge in [0, 0.05) is 35.1 Å². The SMILES string of the molecule is CNC(=O)N1[C@@H]2CC[C@H]1C[C@@H](C(C)(C)C(O)c1cc(Cl)cc3cn[nH]c13)C2. The van der Waals surface area contributed by atoms with Crippen molar-refractivity contribution in [1.82, 2.24) is 20.4 Å². The third-order valence-electron chi connectivity index (χ3n) is 6.78. The molecule has 6 nitrogen and oxygen atoms in total. The molecule has 2 amide bonds. The van der Waals surface area contributed by atoms with E-state index >= 15 is 0 Å². The summed E-state index contributed by atoms with van der Waals surface area (Å²) >= 11 is 6.28. The van der Waals surface area contributed by atoms with Crippen LogP contribution in [-0.2, 0) is 0 Å². The Morgan fingerprint density at radius 3 is 2.67 bits per heavy atom. The molecule has 2 aliphatic rings. The van der Waals surface area contributed by atoms with Crippen molar-refractivity contribution in [3.05, 3.63) is 28.9 Å². The first kappa shape index (κ1) is 18.6. The summed E-state index contributed by atoms with van der Waals surface area (Å²) in [5, 5.41) is 22.7. The summed E-state index contributed by atoms with van der Waals surface area (Å²) in [6.07, 6.45) is 4.98. The number of hydrogen-bond acceptors (Lipinski definition) is 3. The maximum Gasteiger partial charge on any atom is 0.317 e. The lowest BCUT2D eigenvalue weighted by Gasteiger charge is -2.46. The highest BCUT2D eigenvalue weighted by molar-refractivity contribution is 6.31. The average molecular weight is 391 g/mol. The first-order chi connectivity index (χ1) is 12.8. The molecule has 1 aromatic heterocycles. The molecule has 4 atom stereocenters. The zero-order valence-electron chi connectivity index (χ0n) is 16.0. The van der Waals surface area contributed by atoms with Crippen LogP contribution in [0.4, 0.5) is 4.79 Å². The Labute approximate surface area is 164 Å². The normalized spacial score (nSPS) is 26.4. The fourth-order valence-electron chi connectivity index (χ4n) is 5.13. The molecule has 2 aromatic rings. The van der Waals surface area contributed by atoms with Crippen LogP contribution >= 0.6 is 11.6 Å². The maximum absolute atomic E-state index is 12.2. The number of nitrogens with zero attached hydrogens (tertiary/aromatic N) is 2. The van der Waals surface area contributed by atoms with Crippen LogP contribution in [0, 0.1) is 11.3 Å². The van der Waals surface area contributed by atoms with E-state index in [9.17, 15) is 9.90 Å². The van der Waals surface area contributed by atoms with Crippen molar-refractivity contribution < 1.29 is 9.90 Å². The highest BCUT2D eigenvalue weighted by Crippen LogP contribution is 2.51. The van der Waals surface area contributed by atoms with Gasteiger partial charge in [0.05, 0.1) is 17.8 Å². The van der Waals surface area contributed by atoms with E-state index in [1.165, 1.54) is 0 Å². The number of aromatic nitrogens is 2. The number of aliphatic hydroxyl groups excluding tert-OH is 1. The highest BCUT2D eigenvalue weighted by atomic mass is 35.5. The van der Waals surface area contributed by atoms with Crippen molar-refractivity contribution in [3.63, 3.8) is 0 Å². The summed E-state index contributed by atoms with van der Waals surface area (Å²) in [7, 11) is 1.69. The molecule has 2 aliphatic heterocycles. The molecule has 7 heteroatoms. The van der Waals surface area contributed by atoms with E-state index in [0.29, 0.717) is 10.9 Å². The Balaban J connectivity index is 1.62. The molecule has 3 heterocycles. The Morgan fingerprint density at radius 2 is 2.04 bits per heavy atom. The van der Waals surface area contributed by atoms with Crippen LogP contribution < -0.4 is 5.32 Å². The van der Waals surface area contributed by atoms with E-state index in [-0.39, 0.29) is 23.5 Å². The number of urea groups is 1. The maximum atomic E-state index is 12.2. The lowest BCUT2D eigenvalue weighted by atomic mass is 9.67. The van der Waals surface area contributed by atoms with Gasteiger partial charge in [-0.15, -0.1) is 0 Å². The Morgan fingerprint density at radius 1 is 1.37 bits per heavy atom. The number of fused-ring (bicyclic) bond motifs is 3. The van der Waals surface area contributed by atoms with Gasteiger partial charge in [-0.2, -0.15) is 5.10 Å². The summed E-state index contributed by atoms with van der Waals surface area (Å²) in [5.41, 5.74) is 1.28. The summed E-state index contributed by atoms with van der Waals surface area (Å²) in [4.78, 5) is 14.3. The van der Waals surface area contributed by atoms with Crippen LogP contribution in [0.1, 0.15) is 51.2 Å². The second-order valence-corrected chi connectivity index (χ2v) is 9.01. The molecule has 146 valence electrons. The number of piperidine rings is 1. The van der Waals surface area contributed by atoms with E-state index < -0.39 is 6.10 Å². The van der Waals surface area contributed by atoms with E-state index in [2.05, 4.69) is 29.4 Å². The van der Waals surface area contributed by atoms with Gasteiger partial charge in [0.15, 0.2) is 0 Å². The van der Waals surface area contributed by atoms with Crippen LogP contribution in [0.25, 0.3) is 10.9 Å². The Hall–Kier alpha value is -1.79. The van der Waals surface area contributed by atoms with Crippen LogP contribution in [0.2, 0.25) is 5.02 Å². The summed E-state index contributed by atoms with van der Waals surface area (Å²) in [6.45, 7) is 4.25. The number of aromatic amines is 1. The minimum Gasteiger partial charge on any atom is -0.388 e. The molecule has 1 unspecified atom stereocenters. The van der Waals surface area contributed by atoms with Crippen LogP contribution in [0.15, 0.2) is 18.3 Å². The number of halogens is 1. The van der Waals surface area contributed by atoms with E-state index in [1.54, 1.807) is 13.2 Å². The van der Waals surface area contributed by atoms with Gasteiger partial charge in [0.1, 0.15) is 0 Å². The van der Waals surface area contributed by atoms with Crippen molar-refractivity contribution in [2.45, 2.75) is 57.7 Å². The molecule has 0 aliphatic carbocycles. The minimum absolute atomic E-state index is 0.0216. The van der Waals surface area contributed by atoms with Crippen LogP contribution in [-0.4, -0.2) is 45.4 Å². The van der Waals surface area contributed by atoms with Crippen LogP contribution in [0.3, 0.4) is 0 Å². The zero-order chi connectivity index (χ0) is 19.3. The number of hydrogen-bond donors (Lipinski definition) is 3. The number of benzene rings is 1. The molecule has 2 saturated heterocycles. The number of H-pyrrole nitrogens is 1. The summed E-state index contributed by atoms with van der Waals surface area (Å²) < 4.78 is 0. The topological polar surface area (TPSA) is 81.2 Å². The molecule has 4 rings (SSSR count). The quantitative estimate of drug-likeness (QED) is 0.744. The highest BCUT2D eigenvalue weighted by Gasteiger charge is 2.49. The fourth-order valence-corrected chi connectivity index (χ4v) is 5.37. The van der Waals surface area contributed by atoms with Gasteiger partial charge < -0.3 is 15.3 Å². The van der Waals surface area contributed by atoms with Crippen molar-refractivity contribution in [2.75, 3.05) is 7.05 Å². The molecular formula is C20H27ClN4O2. The number of rotatable bonds is 3. The second-order valence-electron chi connectivity index (χ2n) is 8.57. The van der Waals surface area contributed by atoms with E-state index in [0.717, 1.165) is 42.1 Å². The first-order valence-electron chi connectivity index (χ1n) is 9.63. The molecule has 1 aromatic carbocycles. The molecule has 0 radical (unpaired) electrons. The van der Waals surface area contributed by atoms with Gasteiger partial charge in [-0.1, -0.05) is 25.4 Å². The molecule has 2 fully saturated rings. The number of carbonyl (C=O) groups excluding carboxylic acids is 1. The van der Waals surface area contributed by atoms with Crippen molar-refractivity contribution >= 4 is 28.5 Å². The van der Waals surface area contributed by atoms with Gasteiger partial charge in [0.25, 0.3) is 0 Å². The lowest BCUT2D eigenvalue weighted by Crippen LogP contribution is -2.52. The molecule has 27 heavy (non-hydrogen) atoms. The third-order valence-corrected chi connectivity index (χ3v) is 7.00. The monoisotopic (exact) mass is 390 g/mol. The number of amides is 2. The number of aliphatic hydroxyl groups is 1. The molecule has 2 bridgehead atoms.